The SMILES string of the molecule is COCCO[C@H]1C(OP(SCCSC(=O)c2ccccc2)N2CCCC2)[C@@H](COC(c2ccccc2)(c2ccc(OC)cc2)c2ccc(OC)cc2)O[C@H]1n1cc(C)c(NC(=O)c2ccccc2)nc1=O. The number of aromatic nitrogens is 2. The highest BCUT2D eigenvalue weighted by Crippen LogP contribution is 2.58. The van der Waals surface area contributed by atoms with E-state index in [9.17, 15) is 14.4 Å². The van der Waals surface area contributed by atoms with Crippen molar-refractivity contribution in [3.05, 3.63) is 190 Å². The van der Waals surface area contributed by atoms with Crippen LogP contribution in [0.1, 0.15) is 62.0 Å². The third-order valence-electron chi connectivity index (χ3n) is 12.3. The molecule has 17 heteroatoms. The molecule has 3 heterocycles. The number of amides is 1. The van der Waals surface area contributed by atoms with Gasteiger partial charge in [0.25, 0.3) is 5.91 Å². The first kappa shape index (κ1) is 51.9. The second-order valence-corrected chi connectivity index (χ2v) is 21.5. The van der Waals surface area contributed by atoms with Crippen molar-refractivity contribution >= 4 is 47.5 Å². The lowest BCUT2D eigenvalue weighted by Crippen LogP contribution is -2.42. The number of benzene rings is 5. The lowest BCUT2D eigenvalue weighted by molar-refractivity contribution is -0.0989. The highest BCUT2D eigenvalue weighted by molar-refractivity contribution is 8.53. The number of carbonyl (C=O) groups is 2. The summed E-state index contributed by atoms with van der Waals surface area (Å²) >= 11 is 2.97. The van der Waals surface area contributed by atoms with Crippen LogP contribution >= 0.6 is 30.6 Å². The maximum atomic E-state index is 14.3. The molecule has 8 rings (SSSR count). The second-order valence-electron chi connectivity index (χ2n) is 16.8. The van der Waals surface area contributed by atoms with Crippen LogP contribution in [0, 0.1) is 6.92 Å². The third kappa shape index (κ3) is 12.6. The molecule has 6 aromatic rings. The molecule has 0 saturated carbocycles. The van der Waals surface area contributed by atoms with Crippen LogP contribution in [0.2, 0.25) is 0 Å². The zero-order valence-electron chi connectivity index (χ0n) is 40.2. The minimum absolute atomic E-state index is 0.0177. The molecule has 2 aliphatic heterocycles. The molecule has 1 N–H and O–H groups in total. The molecular formula is C54H59N4O10PS2. The van der Waals surface area contributed by atoms with Gasteiger partial charge in [-0.25, -0.2) is 4.79 Å². The Labute approximate surface area is 424 Å². The predicted octanol–water partition coefficient (Wildman–Crippen LogP) is 9.77. The Morgan fingerprint density at radius 2 is 1.32 bits per heavy atom. The number of nitrogens with zero attached hydrogens (tertiary/aromatic N) is 3. The summed E-state index contributed by atoms with van der Waals surface area (Å²) in [5.41, 5.74) is 2.28. The van der Waals surface area contributed by atoms with Crippen LogP contribution in [0.5, 0.6) is 11.5 Å². The van der Waals surface area contributed by atoms with Gasteiger partial charge in [0.15, 0.2) is 13.7 Å². The molecule has 2 saturated heterocycles. The molecule has 0 aliphatic carbocycles. The van der Waals surface area contributed by atoms with Crippen molar-refractivity contribution < 1.29 is 42.5 Å². The van der Waals surface area contributed by atoms with E-state index >= 15 is 0 Å². The Morgan fingerprint density at radius 1 is 0.746 bits per heavy atom. The van der Waals surface area contributed by atoms with Crippen molar-refractivity contribution in [1.29, 1.82) is 0 Å². The average Bonchev–Trinajstić information content (AvgIpc) is 4.08. The van der Waals surface area contributed by atoms with Gasteiger partial charge in [-0.3, -0.25) is 18.8 Å². The second kappa shape index (κ2) is 25.3. The minimum Gasteiger partial charge on any atom is -0.497 e. The Morgan fingerprint density at radius 3 is 1.92 bits per heavy atom. The molecule has 2 fully saturated rings. The van der Waals surface area contributed by atoms with E-state index < -0.39 is 49.2 Å². The smallest absolute Gasteiger partial charge is 0.351 e. The first-order valence-electron chi connectivity index (χ1n) is 23.5. The molecule has 71 heavy (non-hydrogen) atoms. The number of hydrogen-bond donors (Lipinski definition) is 1. The van der Waals surface area contributed by atoms with Crippen molar-refractivity contribution in [2.24, 2.45) is 0 Å². The van der Waals surface area contributed by atoms with Crippen molar-refractivity contribution in [1.82, 2.24) is 14.2 Å². The number of thioether (sulfide) groups is 1. The van der Waals surface area contributed by atoms with Crippen LogP contribution in [0.3, 0.4) is 0 Å². The number of carbonyl (C=O) groups excluding carboxylic acids is 2. The van der Waals surface area contributed by atoms with Crippen LogP contribution in [0.15, 0.2) is 151 Å². The summed E-state index contributed by atoms with van der Waals surface area (Å²) in [7, 11) is 3.51. The number of nitrogens with one attached hydrogen (secondary N) is 1. The Hall–Kier alpha value is -5.39. The summed E-state index contributed by atoms with van der Waals surface area (Å²) in [6.07, 6.45) is 0.151. The predicted molar refractivity (Wildman–Crippen MR) is 280 cm³/mol. The number of methoxy groups -OCH3 is 3. The van der Waals surface area contributed by atoms with Crippen LogP contribution in [-0.2, 0) is 29.1 Å². The van der Waals surface area contributed by atoms with Gasteiger partial charge >= 0.3 is 5.69 Å². The van der Waals surface area contributed by atoms with Crippen LogP contribution in [0.25, 0.3) is 0 Å². The first-order valence-corrected chi connectivity index (χ1v) is 27.3. The highest BCUT2D eigenvalue weighted by Gasteiger charge is 2.51. The van der Waals surface area contributed by atoms with Gasteiger partial charge in [0.2, 0.25) is 5.12 Å². The van der Waals surface area contributed by atoms with Gasteiger partial charge in [-0.05, 0) is 72.9 Å². The molecule has 2 aliphatic rings. The van der Waals surface area contributed by atoms with Crippen LogP contribution < -0.4 is 20.5 Å². The Bertz CT molecular complexity index is 2650. The molecule has 5 atom stereocenters. The van der Waals surface area contributed by atoms with Gasteiger partial charge in [0.1, 0.15) is 41.2 Å². The number of anilines is 1. The Kier molecular flexibility index (Phi) is 18.5. The largest absolute Gasteiger partial charge is 0.497 e. The fraction of sp³-hybridized carbons (Fsp3) is 0.333. The van der Waals surface area contributed by atoms with Crippen molar-refractivity contribution in [3.8, 4) is 11.5 Å². The van der Waals surface area contributed by atoms with E-state index in [-0.39, 0.29) is 30.8 Å². The zero-order chi connectivity index (χ0) is 49.6. The molecule has 1 aromatic heterocycles. The standard InChI is InChI=1S/C54H59N4O10PS2/c1-38-36-58(53(61)56-49(38)55-50(59)39-16-8-5-9-17-39)51-48(65-33-32-62-2)47(68-69(57-30-14-15-31-57)71-35-34-70-52(60)40-18-10-6-11-19-40)46(67-51)37-66-54(41-20-12-7-13-21-41,42-22-26-44(63-3)27-23-42)43-24-28-45(64-4)29-25-43/h5-13,16-29,36,46-48,51H,14-15,30-35,37H2,1-4H3,(H,55,56,59,61)/t46-,47?,48+,51-,69?/m1/s1. The lowest BCUT2D eigenvalue weighted by Gasteiger charge is -2.38. The molecule has 2 unspecified atom stereocenters. The Balaban J connectivity index is 1.18. The van der Waals surface area contributed by atoms with E-state index in [1.165, 1.54) is 16.3 Å². The molecule has 372 valence electrons. The van der Waals surface area contributed by atoms with E-state index in [1.54, 1.807) is 70.1 Å². The van der Waals surface area contributed by atoms with Crippen molar-refractivity contribution in [3.63, 3.8) is 0 Å². The van der Waals surface area contributed by atoms with E-state index in [0.29, 0.717) is 39.7 Å². The average molecular weight is 1020 g/mol. The molecule has 14 nitrogen and oxygen atoms in total. The fourth-order valence-corrected chi connectivity index (χ4v) is 13.9. The summed E-state index contributed by atoms with van der Waals surface area (Å²) in [5.74, 6) is 2.33. The molecule has 0 spiro atoms. The quantitative estimate of drug-likeness (QED) is 0.0369. The summed E-state index contributed by atoms with van der Waals surface area (Å²) in [5, 5.41) is 2.83. The molecule has 0 radical (unpaired) electrons. The summed E-state index contributed by atoms with van der Waals surface area (Å²) in [6, 6.07) is 43.7. The van der Waals surface area contributed by atoms with Gasteiger partial charge in [-0.15, -0.1) is 0 Å². The lowest BCUT2D eigenvalue weighted by atomic mass is 9.80. The number of hydrogen-bond acceptors (Lipinski definition) is 14. The van der Waals surface area contributed by atoms with E-state index in [0.717, 1.165) is 42.6 Å². The molecule has 0 bridgehead atoms. The first-order chi connectivity index (χ1) is 34.7. The normalized spacial score (nSPS) is 18.5. The van der Waals surface area contributed by atoms with Crippen molar-refractivity contribution in [2.45, 2.75) is 49.9 Å². The molecule has 5 aromatic carbocycles. The van der Waals surface area contributed by atoms with Crippen LogP contribution in [-0.4, -0.2) is 109 Å². The maximum Gasteiger partial charge on any atom is 0.351 e. The van der Waals surface area contributed by atoms with Gasteiger partial charge in [0.05, 0.1) is 34.0 Å². The van der Waals surface area contributed by atoms with Gasteiger partial charge in [0, 0.05) is 54.6 Å². The fourth-order valence-electron chi connectivity index (χ4n) is 8.62. The van der Waals surface area contributed by atoms with E-state index in [1.807, 2.05) is 115 Å². The monoisotopic (exact) mass is 1020 g/mol. The topological polar surface area (TPSA) is 149 Å². The van der Waals surface area contributed by atoms with Crippen molar-refractivity contribution in [2.75, 3.05) is 71.1 Å². The summed E-state index contributed by atoms with van der Waals surface area (Å²) < 4.78 is 49.1. The molecular weight excluding hydrogens is 960 g/mol. The number of rotatable bonds is 23. The third-order valence-corrected chi connectivity index (χ3v) is 17.5. The van der Waals surface area contributed by atoms with Crippen LogP contribution in [0.4, 0.5) is 5.82 Å². The van der Waals surface area contributed by atoms with Gasteiger partial charge < -0.3 is 38.3 Å². The van der Waals surface area contributed by atoms with E-state index in [4.69, 9.17) is 32.9 Å². The number of ether oxygens (including phenoxy) is 6. The molecule has 1 amide bonds. The summed E-state index contributed by atoms with van der Waals surface area (Å²) in [4.78, 5) is 45.1. The van der Waals surface area contributed by atoms with E-state index in [2.05, 4.69) is 15.0 Å². The zero-order valence-corrected chi connectivity index (χ0v) is 42.7. The van der Waals surface area contributed by atoms with Gasteiger partial charge in [-0.1, -0.05) is 126 Å². The summed E-state index contributed by atoms with van der Waals surface area (Å²) in [6.45, 7) is 3.86. The maximum absolute atomic E-state index is 14.3. The van der Waals surface area contributed by atoms with Gasteiger partial charge in [-0.2, -0.15) is 4.98 Å². The highest BCUT2D eigenvalue weighted by atomic mass is 32.7. The minimum atomic E-state index is -1.35. The number of aryl methyl sites for hydroxylation is 1.